The highest BCUT2D eigenvalue weighted by molar-refractivity contribution is 7.51. The molecule has 0 aliphatic carbocycles. The standard InChI is InChI=1S/C6H14NO8P/c8-3-7(12)1-4(9)6(11)5(10)2-16(13,14)15/h3-6,9-12H,1-2H2,(H2,13,14,15)/t4-,5-,6+/m0/s1. The molecule has 0 aromatic carbocycles. The largest absolute Gasteiger partial charge is 0.390 e. The van der Waals surface area contributed by atoms with Crippen molar-refractivity contribution in [1.82, 2.24) is 5.06 Å². The first-order chi connectivity index (χ1) is 7.17. The van der Waals surface area contributed by atoms with Crippen LogP contribution in [0.25, 0.3) is 0 Å². The lowest BCUT2D eigenvalue weighted by Gasteiger charge is -2.24. The van der Waals surface area contributed by atoms with Gasteiger partial charge in [0.25, 0.3) is 0 Å². The maximum atomic E-state index is 10.5. The van der Waals surface area contributed by atoms with Crippen molar-refractivity contribution >= 4 is 14.0 Å². The van der Waals surface area contributed by atoms with Gasteiger partial charge < -0.3 is 25.1 Å². The third kappa shape index (κ3) is 6.13. The minimum atomic E-state index is -4.52. The second-order valence-corrected chi connectivity index (χ2v) is 4.89. The predicted molar refractivity (Wildman–Crippen MR) is 49.5 cm³/mol. The zero-order valence-electron chi connectivity index (χ0n) is 8.12. The molecule has 0 spiro atoms. The van der Waals surface area contributed by atoms with Gasteiger partial charge in [-0.25, -0.2) is 5.06 Å². The van der Waals surface area contributed by atoms with E-state index in [-0.39, 0.29) is 11.5 Å². The summed E-state index contributed by atoms with van der Waals surface area (Å²) in [5.41, 5.74) is 0. The van der Waals surface area contributed by atoms with Crippen molar-refractivity contribution in [3.63, 3.8) is 0 Å². The molecular weight excluding hydrogens is 245 g/mol. The van der Waals surface area contributed by atoms with Gasteiger partial charge in [0.15, 0.2) is 0 Å². The van der Waals surface area contributed by atoms with Crippen LogP contribution in [-0.4, -0.2) is 72.8 Å². The van der Waals surface area contributed by atoms with E-state index in [1.165, 1.54) is 0 Å². The van der Waals surface area contributed by atoms with E-state index < -0.39 is 38.6 Å². The van der Waals surface area contributed by atoms with Crippen molar-refractivity contribution in [2.75, 3.05) is 12.7 Å². The number of rotatable bonds is 7. The molecule has 0 saturated heterocycles. The molecule has 0 radical (unpaired) electrons. The van der Waals surface area contributed by atoms with Crippen LogP contribution in [0.15, 0.2) is 0 Å². The van der Waals surface area contributed by atoms with Crippen molar-refractivity contribution in [2.45, 2.75) is 18.3 Å². The summed E-state index contributed by atoms with van der Waals surface area (Å²) in [5.74, 6) is 0. The first kappa shape index (κ1) is 15.5. The highest BCUT2D eigenvalue weighted by Gasteiger charge is 2.31. The number of hydrogen-bond acceptors (Lipinski definition) is 6. The van der Waals surface area contributed by atoms with Gasteiger partial charge in [0, 0.05) is 0 Å². The Kier molecular flexibility index (Phi) is 6.05. The van der Waals surface area contributed by atoms with Crippen molar-refractivity contribution < 1.29 is 39.7 Å². The summed E-state index contributed by atoms with van der Waals surface area (Å²) in [4.78, 5) is 26.9. The average Bonchev–Trinajstić information content (AvgIpc) is 2.13. The molecule has 0 unspecified atom stereocenters. The van der Waals surface area contributed by atoms with Crippen molar-refractivity contribution in [2.24, 2.45) is 0 Å². The van der Waals surface area contributed by atoms with Crippen molar-refractivity contribution in [1.29, 1.82) is 0 Å². The Hall–Kier alpha value is -0.540. The predicted octanol–water partition coefficient (Wildman–Crippen LogP) is -2.91. The molecule has 16 heavy (non-hydrogen) atoms. The van der Waals surface area contributed by atoms with Gasteiger partial charge in [-0.05, 0) is 0 Å². The second-order valence-electron chi connectivity index (χ2n) is 3.20. The van der Waals surface area contributed by atoms with E-state index in [0.717, 1.165) is 0 Å². The molecule has 0 fully saturated rings. The van der Waals surface area contributed by atoms with E-state index >= 15 is 0 Å². The van der Waals surface area contributed by atoms with Gasteiger partial charge in [0.05, 0.1) is 18.8 Å². The van der Waals surface area contributed by atoms with Crippen LogP contribution in [-0.2, 0) is 9.36 Å². The molecule has 0 aliphatic rings. The molecule has 0 rings (SSSR count). The molecule has 0 aromatic heterocycles. The molecule has 10 heteroatoms. The van der Waals surface area contributed by atoms with Crippen LogP contribution < -0.4 is 0 Å². The third-order valence-corrected chi connectivity index (χ3v) is 2.56. The fourth-order valence-corrected chi connectivity index (χ4v) is 1.65. The lowest BCUT2D eigenvalue weighted by molar-refractivity contribution is -0.162. The van der Waals surface area contributed by atoms with Gasteiger partial charge in [-0.15, -0.1) is 0 Å². The van der Waals surface area contributed by atoms with Gasteiger partial charge in [0.1, 0.15) is 12.2 Å². The topological polar surface area (TPSA) is 159 Å². The first-order valence-electron chi connectivity index (χ1n) is 4.17. The van der Waals surface area contributed by atoms with Crippen LogP contribution in [0.5, 0.6) is 0 Å². The highest BCUT2D eigenvalue weighted by Crippen LogP contribution is 2.35. The zero-order chi connectivity index (χ0) is 12.9. The van der Waals surface area contributed by atoms with Gasteiger partial charge in [-0.3, -0.25) is 14.6 Å². The Morgan fingerprint density at radius 3 is 2.06 bits per heavy atom. The van der Waals surface area contributed by atoms with Gasteiger partial charge in [0.2, 0.25) is 6.41 Å². The summed E-state index contributed by atoms with van der Waals surface area (Å²) in [6, 6.07) is 0. The molecule has 1 amide bonds. The molecule has 0 aliphatic heterocycles. The Morgan fingerprint density at radius 2 is 1.69 bits per heavy atom. The maximum absolute atomic E-state index is 10.5. The number of amides is 1. The number of hydrogen-bond donors (Lipinski definition) is 6. The number of carbonyl (C=O) groups excluding carboxylic acids is 1. The minimum Gasteiger partial charge on any atom is -0.390 e. The number of carbonyl (C=O) groups is 1. The van der Waals surface area contributed by atoms with Crippen LogP contribution in [0.4, 0.5) is 0 Å². The Labute approximate surface area is 90.7 Å². The zero-order valence-corrected chi connectivity index (χ0v) is 9.01. The molecule has 3 atom stereocenters. The van der Waals surface area contributed by atoms with Crippen LogP contribution in [0.2, 0.25) is 0 Å². The molecule has 0 heterocycles. The lowest BCUT2D eigenvalue weighted by Crippen LogP contribution is -2.44. The molecule has 0 aromatic rings. The second kappa shape index (κ2) is 6.26. The highest BCUT2D eigenvalue weighted by atomic mass is 31.2. The quantitative estimate of drug-likeness (QED) is 0.123. The molecule has 9 nitrogen and oxygen atoms in total. The number of aliphatic hydroxyl groups excluding tert-OH is 3. The molecule has 0 bridgehead atoms. The third-order valence-electron chi connectivity index (χ3n) is 1.71. The maximum Gasteiger partial charge on any atom is 0.328 e. The fourth-order valence-electron chi connectivity index (χ4n) is 0.951. The average molecular weight is 259 g/mol. The van der Waals surface area contributed by atoms with Crippen LogP contribution in [0.3, 0.4) is 0 Å². The van der Waals surface area contributed by atoms with Gasteiger partial charge in [-0.2, -0.15) is 0 Å². The van der Waals surface area contributed by atoms with Crippen LogP contribution in [0, 0.1) is 0 Å². The van der Waals surface area contributed by atoms with E-state index in [9.17, 15) is 14.5 Å². The number of nitrogens with zero attached hydrogens (tertiary/aromatic N) is 1. The summed E-state index contributed by atoms with van der Waals surface area (Å²) in [5, 5.41) is 36.2. The van der Waals surface area contributed by atoms with Crippen LogP contribution >= 0.6 is 7.60 Å². The van der Waals surface area contributed by atoms with Gasteiger partial charge >= 0.3 is 7.60 Å². The van der Waals surface area contributed by atoms with Crippen molar-refractivity contribution in [3.8, 4) is 0 Å². The smallest absolute Gasteiger partial charge is 0.328 e. The van der Waals surface area contributed by atoms with Gasteiger partial charge in [-0.1, -0.05) is 0 Å². The van der Waals surface area contributed by atoms with E-state index in [0.29, 0.717) is 0 Å². The Morgan fingerprint density at radius 1 is 1.19 bits per heavy atom. The summed E-state index contributed by atoms with van der Waals surface area (Å²) >= 11 is 0. The lowest BCUT2D eigenvalue weighted by atomic mass is 10.1. The Balaban J connectivity index is 4.26. The normalized spacial score (nSPS) is 17.6. The number of aliphatic hydroxyl groups is 3. The van der Waals surface area contributed by atoms with E-state index in [2.05, 4.69) is 0 Å². The number of hydroxylamine groups is 2. The fraction of sp³-hybridized carbons (Fsp3) is 0.833. The SMILES string of the molecule is O=CN(O)C[C@H](O)[C@@H](O)[C@@H](O)CP(=O)(O)O. The minimum absolute atomic E-state index is 0.0259. The Bertz CT molecular complexity index is 267. The molecule has 6 N–H and O–H groups in total. The van der Waals surface area contributed by atoms with E-state index in [1.54, 1.807) is 0 Å². The first-order valence-corrected chi connectivity index (χ1v) is 5.96. The van der Waals surface area contributed by atoms with Crippen LogP contribution in [0.1, 0.15) is 0 Å². The molecule has 0 saturated carbocycles. The van der Waals surface area contributed by atoms with Crippen molar-refractivity contribution in [3.05, 3.63) is 0 Å². The molecular formula is C6H14NO8P. The summed E-state index contributed by atoms with van der Waals surface area (Å²) in [6.45, 7) is -0.692. The molecule has 96 valence electrons. The summed E-state index contributed by atoms with van der Waals surface area (Å²) < 4.78 is 10.5. The van der Waals surface area contributed by atoms with E-state index in [1.807, 2.05) is 0 Å². The van der Waals surface area contributed by atoms with E-state index in [4.69, 9.17) is 25.2 Å². The summed E-state index contributed by atoms with van der Waals surface area (Å²) in [7, 11) is -4.52. The summed E-state index contributed by atoms with van der Waals surface area (Å²) in [6.07, 6.45) is -6.54. The monoisotopic (exact) mass is 259 g/mol.